The van der Waals surface area contributed by atoms with E-state index in [4.69, 9.17) is 47.4 Å². The maximum atomic E-state index is 13.5. The molecule has 0 fully saturated rings. The van der Waals surface area contributed by atoms with Crippen LogP contribution in [0.5, 0.6) is 0 Å². The van der Waals surface area contributed by atoms with Crippen molar-refractivity contribution in [3.05, 3.63) is 0 Å². The van der Waals surface area contributed by atoms with E-state index in [1.807, 2.05) is 44.4 Å². The molecule has 0 radical (unpaired) electrons. The predicted octanol–water partition coefficient (Wildman–Crippen LogP) is 18.7. The number of esters is 10. The second-order valence-electron chi connectivity index (χ2n) is 31.6. The van der Waals surface area contributed by atoms with Gasteiger partial charge in [0.1, 0.15) is 66.1 Å². The van der Waals surface area contributed by atoms with Gasteiger partial charge in [-0.1, -0.05) is 230 Å². The van der Waals surface area contributed by atoms with Crippen LogP contribution < -0.4 is 0 Å². The molecular weight excluding hydrogens is 1620 g/mol. The van der Waals surface area contributed by atoms with Crippen LogP contribution in [0, 0.1) is 29.6 Å². The van der Waals surface area contributed by atoms with Gasteiger partial charge in [0.15, 0.2) is 0 Å². The zero-order chi connectivity index (χ0) is 87.7. The highest BCUT2D eigenvalue weighted by molar-refractivity contribution is 8.00. The highest BCUT2D eigenvalue weighted by Gasteiger charge is 2.23. The lowest BCUT2D eigenvalue weighted by Gasteiger charge is -2.27. The molecule has 0 bridgehead atoms. The molecule has 0 aromatic heterocycles. The third-order valence-corrected chi connectivity index (χ3v) is 26.6. The zero-order valence-corrected chi connectivity index (χ0v) is 80.2. The molecule has 28 heteroatoms. The number of hydrogen-bond donors (Lipinski definition) is 0. The average molecular weight is 1780 g/mol. The van der Waals surface area contributed by atoms with E-state index in [0.717, 1.165) is 60.9 Å². The minimum atomic E-state index is -0.509. The van der Waals surface area contributed by atoms with Crippen molar-refractivity contribution in [1.82, 2.24) is 14.7 Å². The summed E-state index contributed by atoms with van der Waals surface area (Å²) >= 11 is 8.72. The van der Waals surface area contributed by atoms with E-state index in [-0.39, 0.29) is 190 Å². The summed E-state index contributed by atoms with van der Waals surface area (Å²) in [5.74, 6) is 2.38. The number of nitrogens with zero attached hydrogens (tertiary/aromatic N) is 3. The number of unbranched alkanes of at least 4 members (excludes halogenated alkanes) is 25. The van der Waals surface area contributed by atoms with Gasteiger partial charge in [-0.3, -0.25) is 47.9 Å². The summed E-state index contributed by atoms with van der Waals surface area (Å²) in [6, 6.07) is 0. The van der Waals surface area contributed by atoms with Crippen molar-refractivity contribution in [1.29, 1.82) is 0 Å². The van der Waals surface area contributed by atoms with Crippen LogP contribution in [0.1, 0.15) is 307 Å². The van der Waals surface area contributed by atoms with Gasteiger partial charge < -0.3 is 62.1 Å². The fraction of sp³-hybridized carbons (Fsp3) is 0.890. The molecule has 0 saturated heterocycles. The number of carbonyl (C=O) groups excluding carboxylic acids is 10. The largest absolute Gasteiger partial charge is 0.462 e. The molecule has 0 aromatic carbocycles. The normalized spacial score (nSPS) is 12.7. The molecule has 5 unspecified atom stereocenters. The van der Waals surface area contributed by atoms with E-state index in [1.54, 1.807) is 58.8 Å². The van der Waals surface area contributed by atoms with E-state index in [0.29, 0.717) is 67.8 Å². The van der Waals surface area contributed by atoms with Crippen molar-refractivity contribution in [2.75, 3.05) is 183 Å². The number of thioether (sulfide) groups is 5. The Labute approximate surface area is 742 Å². The second kappa shape index (κ2) is 85.1. The maximum absolute atomic E-state index is 13.5. The van der Waals surface area contributed by atoms with E-state index < -0.39 is 29.8 Å². The Morgan fingerprint density at radius 1 is 0.202 bits per heavy atom. The van der Waals surface area contributed by atoms with Gasteiger partial charge in [-0.05, 0) is 99.9 Å². The molecule has 5 atom stereocenters. The topological polar surface area (TPSA) is 273 Å². The standard InChI is InChI=1S/C91H167N3O20S5/c1-11-16-21-26-31-36-67-115-72-77(6)87(100)110-62-57-105-82(95)43-52-92(48-41-50-93(53-44-83(96)106-58-63-111-88(101)78(7)73-116-68-37-32-27-22-17-12-2)54-45-84(97)107-59-64-112-89(102)79(8)74-117-69-38-33-28-23-18-13-3)49-42-51-94(55-46-85(98)108-60-65-113-90(103)80(9)75-118-70-39-34-29-24-19-14-4)56-47-86(99)109-61-66-114-91(104)81(10)76-119-71-40-35-30-25-20-15-5/h77-81H,11-76H2,1-10H3. The molecule has 0 aliphatic rings. The third-order valence-electron chi connectivity index (χ3n) is 20.1. The number of rotatable bonds is 88. The predicted molar refractivity (Wildman–Crippen MR) is 491 cm³/mol. The zero-order valence-electron chi connectivity index (χ0n) is 76.1. The monoisotopic (exact) mass is 1780 g/mol. The molecule has 0 N–H and O–H groups in total. The number of hydrogen-bond acceptors (Lipinski definition) is 28. The Morgan fingerprint density at radius 2 is 0.353 bits per heavy atom. The second-order valence-corrected chi connectivity index (χ2v) is 37.4. The molecule has 0 aliphatic heterocycles. The average Bonchev–Trinajstić information content (AvgIpc) is 0.942. The van der Waals surface area contributed by atoms with Crippen molar-refractivity contribution in [2.45, 2.75) is 307 Å². The Kier molecular flexibility index (Phi) is 82.5. The number of carbonyl (C=O) groups is 10. The molecule has 0 aromatic rings. The molecular formula is C91H167N3O20S5. The van der Waals surface area contributed by atoms with Gasteiger partial charge in [-0.2, -0.15) is 58.8 Å². The summed E-state index contributed by atoms with van der Waals surface area (Å²) in [6.07, 6.45) is 37.1. The summed E-state index contributed by atoms with van der Waals surface area (Å²) in [6.45, 7) is 22.1. The highest BCUT2D eigenvalue weighted by Crippen LogP contribution is 2.21. The van der Waals surface area contributed by atoms with Gasteiger partial charge in [0.2, 0.25) is 0 Å². The molecule has 0 aliphatic carbocycles. The van der Waals surface area contributed by atoms with Crippen molar-refractivity contribution in [3.8, 4) is 0 Å². The van der Waals surface area contributed by atoms with Crippen LogP contribution in [-0.2, 0) is 95.3 Å². The lowest BCUT2D eigenvalue weighted by atomic mass is 10.1. The van der Waals surface area contributed by atoms with E-state index in [2.05, 4.69) is 39.5 Å². The first-order valence-electron chi connectivity index (χ1n) is 46.4. The molecule has 0 rings (SSSR count). The van der Waals surface area contributed by atoms with Gasteiger partial charge in [-0.15, -0.1) is 0 Å². The Hall–Kier alpha value is -3.67. The van der Waals surface area contributed by atoms with Gasteiger partial charge in [0, 0.05) is 61.5 Å². The molecule has 0 spiro atoms. The first kappa shape index (κ1) is 115. The van der Waals surface area contributed by atoms with Crippen LogP contribution >= 0.6 is 58.8 Å². The first-order valence-corrected chi connectivity index (χ1v) is 52.2. The minimum Gasteiger partial charge on any atom is -0.462 e. The van der Waals surface area contributed by atoms with Crippen LogP contribution in [0.25, 0.3) is 0 Å². The summed E-state index contributed by atoms with van der Waals surface area (Å²) in [5.41, 5.74) is 0. The van der Waals surface area contributed by atoms with Gasteiger partial charge in [0.05, 0.1) is 61.7 Å². The Balaban J connectivity index is 6.49. The fourth-order valence-electron chi connectivity index (χ4n) is 12.4. The quantitative estimate of drug-likeness (QED) is 0.0311. The summed E-state index contributed by atoms with van der Waals surface area (Å²) in [5, 5.41) is 0. The molecule has 23 nitrogen and oxygen atoms in total. The lowest BCUT2D eigenvalue weighted by molar-refractivity contribution is -0.154. The summed E-state index contributed by atoms with van der Waals surface area (Å²) in [7, 11) is 0. The molecule has 0 amide bonds. The van der Waals surface area contributed by atoms with E-state index >= 15 is 0 Å². The smallest absolute Gasteiger partial charge is 0.309 e. The van der Waals surface area contributed by atoms with Crippen molar-refractivity contribution in [2.24, 2.45) is 29.6 Å². The molecule has 696 valence electrons. The number of ether oxygens (including phenoxy) is 10. The van der Waals surface area contributed by atoms with Crippen LogP contribution in [0.15, 0.2) is 0 Å². The Bertz CT molecular complexity index is 2260. The lowest BCUT2D eigenvalue weighted by Crippen LogP contribution is -2.36. The SMILES string of the molecule is CCCCCCCCSCC(C)C(=O)OCCOC(=O)CCN(CCCN(CCC(=O)OCCOC(=O)C(C)CSCCCCCCCC)CCC(=O)OCCOC(=O)C(C)CSCCCCCCCC)CCCN(CCC(=O)OCCOC(=O)C(C)CSCCCCCCCC)CCC(=O)OCCOC(=O)C(C)CSCCCCCCCC. The van der Waals surface area contributed by atoms with Crippen molar-refractivity contribution in [3.63, 3.8) is 0 Å². The highest BCUT2D eigenvalue weighted by atomic mass is 32.2. The molecule has 119 heavy (non-hydrogen) atoms. The first-order chi connectivity index (χ1) is 57.7. The van der Waals surface area contributed by atoms with Gasteiger partial charge in [-0.25, -0.2) is 0 Å². The van der Waals surface area contributed by atoms with Gasteiger partial charge in [0.25, 0.3) is 0 Å². The molecule has 0 saturated carbocycles. The summed E-state index contributed by atoms with van der Waals surface area (Å²) < 4.78 is 55.2. The fourth-order valence-corrected chi connectivity index (χ4v) is 17.7. The van der Waals surface area contributed by atoms with Crippen molar-refractivity contribution < 1.29 is 95.3 Å². The van der Waals surface area contributed by atoms with Crippen LogP contribution in [0.4, 0.5) is 0 Å². The van der Waals surface area contributed by atoms with E-state index in [9.17, 15) is 47.9 Å². The van der Waals surface area contributed by atoms with Crippen LogP contribution in [-0.4, -0.2) is 257 Å². The van der Waals surface area contributed by atoms with Crippen LogP contribution in [0.2, 0.25) is 0 Å². The molecule has 0 heterocycles. The van der Waals surface area contributed by atoms with Gasteiger partial charge >= 0.3 is 59.7 Å². The maximum Gasteiger partial charge on any atom is 0.309 e. The van der Waals surface area contributed by atoms with Crippen molar-refractivity contribution >= 4 is 119 Å². The Morgan fingerprint density at radius 3 is 0.529 bits per heavy atom. The minimum absolute atomic E-state index is 0.0000107. The third kappa shape index (κ3) is 75.4. The van der Waals surface area contributed by atoms with E-state index in [1.165, 1.54) is 161 Å². The van der Waals surface area contributed by atoms with Crippen LogP contribution in [0.3, 0.4) is 0 Å². The summed E-state index contributed by atoms with van der Waals surface area (Å²) in [4.78, 5) is 137.